The first kappa shape index (κ1) is 11.3. The summed E-state index contributed by atoms with van der Waals surface area (Å²) in [6, 6.07) is 0. The third-order valence-electron chi connectivity index (χ3n) is 3.00. The van der Waals surface area contributed by atoms with Crippen molar-refractivity contribution in [3.63, 3.8) is 0 Å². The van der Waals surface area contributed by atoms with Crippen LogP contribution in [0, 0.1) is 0 Å². The molecule has 0 fully saturated rings. The van der Waals surface area contributed by atoms with Crippen molar-refractivity contribution in [1.29, 1.82) is 0 Å². The summed E-state index contributed by atoms with van der Waals surface area (Å²) in [5.74, 6) is 0.371. The predicted molar refractivity (Wildman–Crippen MR) is 58.2 cm³/mol. The van der Waals surface area contributed by atoms with Gasteiger partial charge in [-0.15, -0.1) is 0 Å². The number of aliphatic hydroxyl groups is 2. The zero-order valence-corrected chi connectivity index (χ0v) is 9.30. The molecule has 0 amide bonds. The van der Waals surface area contributed by atoms with Crippen LogP contribution in [0.1, 0.15) is 46.5 Å². The topological polar surface area (TPSA) is 40.5 Å². The van der Waals surface area contributed by atoms with Gasteiger partial charge in [0.05, 0.1) is 11.4 Å². The number of hydrogen-bond acceptors (Lipinski definition) is 2. The van der Waals surface area contributed by atoms with Crippen LogP contribution in [0.5, 0.6) is 0 Å². The van der Waals surface area contributed by atoms with Crippen molar-refractivity contribution < 1.29 is 10.2 Å². The van der Waals surface area contributed by atoms with Gasteiger partial charge in [0.2, 0.25) is 0 Å². The van der Waals surface area contributed by atoms with Gasteiger partial charge in [0.15, 0.2) is 0 Å². The highest BCUT2D eigenvalue weighted by Gasteiger charge is 2.30. The largest absolute Gasteiger partial charge is 0.512 e. The lowest BCUT2D eigenvalue weighted by Gasteiger charge is -2.30. The van der Waals surface area contributed by atoms with Crippen LogP contribution < -0.4 is 0 Å². The molecule has 0 spiro atoms. The number of rotatable bonds is 3. The van der Waals surface area contributed by atoms with E-state index in [2.05, 4.69) is 6.92 Å². The summed E-state index contributed by atoms with van der Waals surface area (Å²) in [6.07, 6.45) is 4.65. The van der Waals surface area contributed by atoms with Crippen LogP contribution in [0.3, 0.4) is 0 Å². The zero-order valence-electron chi connectivity index (χ0n) is 9.30. The predicted octanol–water partition coefficient (Wildman–Crippen LogP) is 3.09. The average molecular weight is 196 g/mol. The fourth-order valence-electron chi connectivity index (χ4n) is 2.02. The Bertz CT molecular complexity index is 276. The van der Waals surface area contributed by atoms with Gasteiger partial charge in [0.25, 0.3) is 0 Å². The number of hydrogen-bond donors (Lipinski definition) is 2. The van der Waals surface area contributed by atoms with E-state index in [1.807, 2.05) is 19.9 Å². The van der Waals surface area contributed by atoms with E-state index in [4.69, 9.17) is 0 Å². The minimum atomic E-state index is -0.825. The average Bonchev–Trinajstić information content (AvgIpc) is 2.17. The van der Waals surface area contributed by atoms with Gasteiger partial charge in [-0.3, -0.25) is 0 Å². The molecule has 0 bridgehead atoms. The van der Waals surface area contributed by atoms with E-state index >= 15 is 0 Å². The zero-order chi connectivity index (χ0) is 10.8. The van der Waals surface area contributed by atoms with E-state index in [-0.39, 0.29) is 0 Å². The summed E-state index contributed by atoms with van der Waals surface area (Å²) in [4.78, 5) is 0. The summed E-state index contributed by atoms with van der Waals surface area (Å²) in [5.41, 5.74) is 1.29. The Morgan fingerprint density at radius 3 is 2.36 bits per heavy atom. The molecule has 2 nitrogen and oxygen atoms in total. The molecule has 0 radical (unpaired) electrons. The van der Waals surface area contributed by atoms with Crippen LogP contribution in [0.2, 0.25) is 0 Å². The SMILES string of the molecule is CCC1=CC(O)(CC)CC(O)=C1CC. The van der Waals surface area contributed by atoms with Crippen LogP contribution >= 0.6 is 0 Å². The maximum atomic E-state index is 10.1. The van der Waals surface area contributed by atoms with Gasteiger partial charge in [0, 0.05) is 6.42 Å². The lowest BCUT2D eigenvalue weighted by Crippen LogP contribution is -2.29. The van der Waals surface area contributed by atoms with Crippen molar-refractivity contribution in [1.82, 2.24) is 0 Å². The fourth-order valence-corrected chi connectivity index (χ4v) is 2.02. The Morgan fingerprint density at radius 1 is 1.29 bits per heavy atom. The van der Waals surface area contributed by atoms with Crippen molar-refractivity contribution in [3.05, 3.63) is 23.0 Å². The van der Waals surface area contributed by atoms with Gasteiger partial charge in [-0.05, 0) is 36.5 Å². The molecule has 0 aromatic heterocycles. The molecule has 1 rings (SSSR count). The van der Waals surface area contributed by atoms with Gasteiger partial charge in [-0.2, -0.15) is 0 Å². The molecule has 1 aliphatic rings. The first-order valence-corrected chi connectivity index (χ1v) is 5.41. The lowest BCUT2D eigenvalue weighted by molar-refractivity contribution is 0.0709. The molecule has 1 aliphatic carbocycles. The monoisotopic (exact) mass is 196 g/mol. The molecule has 2 N–H and O–H groups in total. The van der Waals surface area contributed by atoms with Gasteiger partial charge >= 0.3 is 0 Å². The van der Waals surface area contributed by atoms with E-state index in [1.54, 1.807) is 0 Å². The summed E-state index contributed by atoms with van der Waals surface area (Å²) in [7, 11) is 0. The molecular formula is C12H20O2. The molecule has 0 saturated carbocycles. The smallest absolute Gasteiger partial charge is 0.0989 e. The highest BCUT2D eigenvalue weighted by Crippen LogP contribution is 2.35. The van der Waals surface area contributed by atoms with Gasteiger partial charge in [-0.25, -0.2) is 0 Å². The van der Waals surface area contributed by atoms with E-state index in [9.17, 15) is 10.2 Å². The van der Waals surface area contributed by atoms with Crippen molar-refractivity contribution in [2.24, 2.45) is 0 Å². The third-order valence-corrected chi connectivity index (χ3v) is 3.00. The maximum absolute atomic E-state index is 10.1. The van der Waals surface area contributed by atoms with E-state index in [0.717, 1.165) is 24.0 Å². The second kappa shape index (κ2) is 4.18. The Balaban J connectivity index is 3.04. The molecule has 14 heavy (non-hydrogen) atoms. The van der Waals surface area contributed by atoms with Gasteiger partial charge in [-0.1, -0.05) is 20.8 Å². The minimum absolute atomic E-state index is 0.371. The number of allylic oxidation sites excluding steroid dienone is 2. The van der Waals surface area contributed by atoms with Crippen molar-refractivity contribution in [2.75, 3.05) is 0 Å². The highest BCUT2D eigenvalue weighted by atomic mass is 16.3. The molecule has 0 aromatic carbocycles. The minimum Gasteiger partial charge on any atom is -0.512 e. The van der Waals surface area contributed by atoms with E-state index in [1.165, 1.54) is 0 Å². The third kappa shape index (κ3) is 2.01. The molecule has 1 unspecified atom stereocenters. The summed E-state index contributed by atoms with van der Waals surface area (Å²) in [6.45, 7) is 6.02. The molecule has 2 heteroatoms. The van der Waals surface area contributed by atoms with Crippen LogP contribution in [0.15, 0.2) is 23.0 Å². The lowest BCUT2D eigenvalue weighted by atomic mass is 9.82. The Hall–Kier alpha value is -0.760. The standard InChI is InChI=1S/C12H20O2/c1-4-9-7-12(14,6-3)8-11(13)10(9)5-2/h7,13-14H,4-6,8H2,1-3H3. The maximum Gasteiger partial charge on any atom is 0.0989 e. The Labute approximate surface area is 86.0 Å². The second-order valence-electron chi connectivity index (χ2n) is 3.94. The Kier molecular flexibility index (Phi) is 3.38. The van der Waals surface area contributed by atoms with Crippen LogP contribution in [-0.2, 0) is 0 Å². The summed E-state index contributed by atoms with van der Waals surface area (Å²) in [5, 5.41) is 19.9. The van der Waals surface area contributed by atoms with Crippen LogP contribution in [0.4, 0.5) is 0 Å². The fraction of sp³-hybridized carbons (Fsp3) is 0.667. The van der Waals surface area contributed by atoms with E-state index < -0.39 is 5.60 Å². The van der Waals surface area contributed by atoms with E-state index in [0.29, 0.717) is 18.6 Å². The highest BCUT2D eigenvalue weighted by molar-refractivity contribution is 5.39. The molecule has 0 aromatic rings. The first-order chi connectivity index (χ1) is 6.56. The van der Waals surface area contributed by atoms with Gasteiger partial charge < -0.3 is 10.2 Å². The number of aliphatic hydroxyl groups excluding tert-OH is 1. The summed E-state index contributed by atoms with van der Waals surface area (Å²) >= 11 is 0. The van der Waals surface area contributed by atoms with Gasteiger partial charge in [0.1, 0.15) is 0 Å². The molecule has 0 heterocycles. The normalized spacial score (nSPS) is 27.9. The first-order valence-electron chi connectivity index (χ1n) is 5.41. The molecule has 0 saturated heterocycles. The molecule has 1 atom stereocenters. The van der Waals surface area contributed by atoms with Crippen molar-refractivity contribution >= 4 is 0 Å². The Morgan fingerprint density at radius 2 is 1.93 bits per heavy atom. The second-order valence-corrected chi connectivity index (χ2v) is 3.94. The van der Waals surface area contributed by atoms with Crippen molar-refractivity contribution in [3.8, 4) is 0 Å². The summed E-state index contributed by atoms with van der Waals surface area (Å²) < 4.78 is 0. The molecule has 0 aliphatic heterocycles. The quantitative estimate of drug-likeness (QED) is 0.728. The van der Waals surface area contributed by atoms with Crippen molar-refractivity contribution in [2.45, 2.75) is 52.1 Å². The van der Waals surface area contributed by atoms with Crippen LogP contribution in [-0.4, -0.2) is 15.8 Å². The van der Waals surface area contributed by atoms with Crippen LogP contribution in [0.25, 0.3) is 0 Å². The molecule has 80 valence electrons. The molecular weight excluding hydrogens is 176 g/mol.